The second-order valence-electron chi connectivity index (χ2n) is 3.90. The van der Waals surface area contributed by atoms with E-state index in [1.165, 1.54) is 11.3 Å². The van der Waals surface area contributed by atoms with E-state index in [0.29, 0.717) is 5.75 Å². The number of hydrogen-bond donors (Lipinski definition) is 1. The number of methoxy groups -OCH3 is 2. The zero-order valence-electron chi connectivity index (χ0n) is 11.3. The van der Waals surface area contributed by atoms with Crippen LogP contribution in [0.25, 0.3) is 0 Å². The van der Waals surface area contributed by atoms with E-state index in [4.69, 9.17) is 9.47 Å². The quantitative estimate of drug-likeness (QED) is 0.472. The molecule has 0 saturated heterocycles. The average Bonchev–Trinajstić information content (AvgIpc) is 2.83. The lowest BCUT2D eigenvalue weighted by Gasteiger charge is -2.10. The lowest BCUT2D eigenvalue weighted by atomic mass is 10.2. The Morgan fingerprint density at radius 2 is 2.15 bits per heavy atom. The predicted octanol–water partition coefficient (Wildman–Crippen LogP) is 3.52. The molecular weight excluding hydrogens is 389 g/mol. The van der Waals surface area contributed by atoms with Crippen LogP contribution in [0.15, 0.2) is 22.6 Å². The first kappa shape index (κ1) is 15.0. The Bertz CT molecular complexity index is 628. The normalized spacial score (nSPS) is 10.8. The van der Waals surface area contributed by atoms with Gasteiger partial charge in [0.15, 0.2) is 11.5 Å². The van der Waals surface area contributed by atoms with Gasteiger partial charge >= 0.3 is 0 Å². The zero-order valence-corrected chi connectivity index (χ0v) is 14.3. The number of ether oxygens (including phenoxy) is 2. The van der Waals surface area contributed by atoms with Gasteiger partial charge in [-0.05, 0) is 47.2 Å². The van der Waals surface area contributed by atoms with Gasteiger partial charge in [0.25, 0.3) is 0 Å². The van der Waals surface area contributed by atoms with Crippen LogP contribution in [0.3, 0.4) is 0 Å². The summed E-state index contributed by atoms with van der Waals surface area (Å²) < 4.78 is 11.6. The predicted molar refractivity (Wildman–Crippen MR) is 90.3 cm³/mol. The summed E-state index contributed by atoms with van der Waals surface area (Å²) in [6.07, 6.45) is 1.72. The molecule has 1 aromatic heterocycles. The number of benzene rings is 1. The summed E-state index contributed by atoms with van der Waals surface area (Å²) in [7, 11) is 3.24. The number of nitrogens with zero attached hydrogens (tertiary/aromatic N) is 2. The van der Waals surface area contributed by atoms with Gasteiger partial charge in [-0.1, -0.05) is 0 Å². The number of nitrogens with one attached hydrogen (secondary N) is 1. The molecule has 0 bridgehead atoms. The Balaban J connectivity index is 2.15. The van der Waals surface area contributed by atoms with Gasteiger partial charge < -0.3 is 9.47 Å². The molecule has 0 fully saturated rings. The van der Waals surface area contributed by atoms with Crippen molar-refractivity contribution < 1.29 is 9.47 Å². The molecule has 5 nitrogen and oxygen atoms in total. The van der Waals surface area contributed by atoms with Crippen LogP contribution in [-0.4, -0.2) is 25.4 Å². The Morgan fingerprint density at radius 1 is 1.35 bits per heavy atom. The van der Waals surface area contributed by atoms with Crippen molar-refractivity contribution in [1.82, 2.24) is 4.98 Å². The third kappa shape index (κ3) is 3.60. The van der Waals surface area contributed by atoms with Crippen molar-refractivity contribution in [3.8, 4) is 11.5 Å². The van der Waals surface area contributed by atoms with E-state index in [1.807, 2.05) is 24.4 Å². The Labute approximate surface area is 135 Å². The molecule has 1 heterocycles. The van der Waals surface area contributed by atoms with Crippen LogP contribution in [0.5, 0.6) is 11.5 Å². The van der Waals surface area contributed by atoms with Crippen molar-refractivity contribution in [2.75, 3.05) is 19.6 Å². The number of hydrogen-bond acceptors (Lipinski definition) is 6. The minimum atomic E-state index is 0.686. The van der Waals surface area contributed by atoms with Crippen molar-refractivity contribution in [2.24, 2.45) is 5.10 Å². The van der Waals surface area contributed by atoms with Gasteiger partial charge in [-0.15, -0.1) is 11.3 Å². The summed E-state index contributed by atoms with van der Waals surface area (Å²) >= 11 is 3.72. The fourth-order valence-corrected chi connectivity index (χ4v) is 3.06. The van der Waals surface area contributed by atoms with Crippen LogP contribution in [0.2, 0.25) is 0 Å². The minimum Gasteiger partial charge on any atom is -0.493 e. The number of thiazole rings is 1. The second-order valence-corrected chi connectivity index (χ2v) is 5.92. The van der Waals surface area contributed by atoms with Gasteiger partial charge in [-0.3, -0.25) is 5.43 Å². The second kappa shape index (κ2) is 6.89. The van der Waals surface area contributed by atoms with E-state index < -0.39 is 0 Å². The molecule has 1 N–H and O–H groups in total. The number of aryl methyl sites for hydroxylation is 1. The van der Waals surface area contributed by atoms with Gasteiger partial charge in [0.2, 0.25) is 5.13 Å². The summed E-state index contributed by atoms with van der Waals surface area (Å²) in [5.74, 6) is 1.42. The number of anilines is 1. The highest BCUT2D eigenvalue weighted by Crippen LogP contribution is 2.33. The van der Waals surface area contributed by atoms with Gasteiger partial charge in [0.05, 0.1) is 29.7 Å². The van der Waals surface area contributed by atoms with E-state index >= 15 is 0 Å². The number of aromatic nitrogens is 1. The first-order chi connectivity index (χ1) is 9.63. The van der Waals surface area contributed by atoms with Gasteiger partial charge in [-0.25, -0.2) is 4.98 Å². The highest BCUT2D eigenvalue weighted by Gasteiger charge is 2.09. The molecule has 0 saturated carbocycles. The van der Waals surface area contributed by atoms with Crippen LogP contribution < -0.4 is 14.9 Å². The molecule has 0 aliphatic carbocycles. The number of hydrazone groups is 1. The topological polar surface area (TPSA) is 55.7 Å². The fraction of sp³-hybridized carbons (Fsp3) is 0.231. The fourth-order valence-electron chi connectivity index (χ4n) is 1.58. The van der Waals surface area contributed by atoms with Crippen molar-refractivity contribution in [2.45, 2.75) is 6.92 Å². The summed E-state index contributed by atoms with van der Waals surface area (Å²) in [6.45, 7) is 1.95. The Hall–Kier alpha value is -1.35. The van der Waals surface area contributed by atoms with E-state index in [1.54, 1.807) is 20.4 Å². The molecule has 2 rings (SSSR count). The van der Waals surface area contributed by atoms with Crippen molar-refractivity contribution in [3.63, 3.8) is 0 Å². The smallest absolute Gasteiger partial charge is 0.203 e. The van der Waals surface area contributed by atoms with E-state index in [2.05, 4.69) is 38.1 Å². The first-order valence-electron chi connectivity index (χ1n) is 5.76. The molecule has 0 aliphatic rings. The lowest BCUT2D eigenvalue weighted by molar-refractivity contribution is 0.353. The Kier molecular flexibility index (Phi) is 5.18. The van der Waals surface area contributed by atoms with Crippen LogP contribution in [0.4, 0.5) is 5.13 Å². The molecule has 0 unspecified atom stereocenters. The molecule has 106 valence electrons. The van der Waals surface area contributed by atoms with E-state index in [-0.39, 0.29) is 0 Å². The zero-order chi connectivity index (χ0) is 14.5. The molecule has 0 aliphatic heterocycles. The van der Waals surface area contributed by atoms with E-state index in [0.717, 1.165) is 25.7 Å². The molecule has 0 spiro atoms. The van der Waals surface area contributed by atoms with Gasteiger partial charge in [0.1, 0.15) is 0 Å². The molecule has 20 heavy (non-hydrogen) atoms. The van der Waals surface area contributed by atoms with Crippen molar-refractivity contribution >= 4 is 45.3 Å². The maximum Gasteiger partial charge on any atom is 0.203 e. The van der Waals surface area contributed by atoms with Crippen LogP contribution in [0, 0.1) is 10.5 Å². The highest BCUT2D eigenvalue weighted by atomic mass is 127. The van der Waals surface area contributed by atoms with Gasteiger partial charge in [-0.2, -0.15) is 5.10 Å². The van der Waals surface area contributed by atoms with Crippen LogP contribution in [0.1, 0.15) is 11.3 Å². The molecule has 1 aromatic carbocycles. The summed E-state index contributed by atoms with van der Waals surface area (Å²) in [4.78, 5) is 4.27. The Morgan fingerprint density at radius 3 is 2.75 bits per heavy atom. The maximum atomic E-state index is 5.30. The molecular formula is C13H14IN3O2S. The molecule has 7 heteroatoms. The summed E-state index contributed by atoms with van der Waals surface area (Å²) in [5, 5.41) is 6.91. The lowest BCUT2D eigenvalue weighted by Crippen LogP contribution is -1.96. The SMILES string of the molecule is COc1cc(C=NNc2nc(C)cs2)cc(I)c1OC. The maximum absolute atomic E-state index is 5.30. The molecule has 0 atom stereocenters. The third-order valence-corrected chi connectivity index (χ3v) is 4.11. The van der Waals surface area contributed by atoms with Crippen LogP contribution in [-0.2, 0) is 0 Å². The van der Waals surface area contributed by atoms with E-state index in [9.17, 15) is 0 Å². The number of rotatable bonds is 5. The largest absolute Gasteiger partial charge is 0.493 e. The molecule has 2 aromatic rings. The van der Waals surface area contributed by atoms with Crippen LogP contribution >= 0.6 is 33.9 Å². The highest BCUT2D eigenvalue weighted by molar-refractivity contribution is 14.1. The standard InChI is InChI=1S/C13H14IN3O2S/c1-8-7-20-13(16-8)17-15-6-9-4-10(14)12(19-3)11(5-9)18-2/h4-7H,1-3H3,(H,16,17). The average molecular weight is 403 g/mol. The molecule has 0 amide bonds. The first-order valence-corrected chi connectivity index (χ1v) is 7.72. The third-order valence-electron chi connectivity index (χ3n) is 2.45. The number of halogens is 1. The van der Waals surface area contributed by atoms with Crippen molar-refractivity contribution in [1.29, 1.82) is 0 Å². The monoisotopic (exact) mass is 403 g/mol. The summed E-state index contributed by atoms with van der Waals surface area (Å²) in [6, 6.07) is 3.85. The molecule has 0 radical (unpaired) electrons. The minimum absolute atomic E-state index is 0.686. The van der Waals surface area contributed by atoms with Crippen molar-refractivity contribution in [3.05, 3.63) is 32.3 Å². The van der Waals surface area contributed by atoms with Gasteiger partial charge in [0, 0.05) is 5.38 Å². The summed E-state index contributed by atoms with van der Waals surface area (Å²) in [5.41, 5.74) is 4.81.